The molecule has 0 saturated heterocycles. The number of quaternary nitrogens is 1. The Kier molecular flexibility index (Phi) is 53.2. The van der Waals surface area contributed by atoms with Gasteiger partial charge in [-0.2, -0.15) is 0 Å². The van der Waals surface area contributed by atoms with Crippen LogP contribution in [0.5, 0.6) is 0 Å². The van der Waals surface area contributed by atoms with Gasteiger partial charge in [-0.3, -0.25) is 14.2 Å². The summed E-state index contributed by atoms with van der Waals surface area (Å²) in [5, 5.41) is 3.04. The first-order valence-corrected chi connectivity index (χ1v) is 33.5. The van der Waals surface area contributed by atoms with Crippen LogP contribution in [0, 0.1) is 0 Å². The van der Waals surface area contributed by atoms with Crippen LogP contribution in [-0.2, 0) is 27.9 Å². The van der Waals surface area contributed by atoms with E-state index < -0.39 is 20.0 Å². The molecule has 434 valence electrons. The molecule has 73 heavy (non-hydrogen) atoms. The molecule has 0 spiro atoms. The summed E-state index contributed by atoms with van der Waals surface area (Å²) in [6, 6.07) is -0.879. The zero-order valence-electron chi connectivity index (χ0n) is 49.6. The molecule has 3 unspecified atom stereocenters. The van der Waals surface area contributed by atoms with Crippen LogP contribution >= 0.6 is 7.82 Å². The van der Waals surface area contributed by atoms with Gasteiger partial charge in [0.15, 0.2) is 0 Å². The topological polar surface area (TPSA) is 114 Å². The highest BCUT2D eigenvalue weighted by atomic mass is 31.2. The van der Waals surface area contributed by atoms with Crippen LogP contribution in [0.2, 0.25) is 0 Å². The Hall–Kier alpha value is -1.25. The first kappa shape index (κ1) is 71.8. The lowest BCUT2D eigenvalue weighted by molar-refractivity contribution is -0.870. The van der Waals surface area contributed by atoms with E-state index in [4.69, 9.17) is 13.8 Å². The number of nitrogens with zero attached hydrogens (tertiary/aromatic N) is 1. The summed E-state index contributed by atoms with van der Waals surface area (Å²) in [6.07, 6.45) is 61.8. The van der Waals surface area contributed by atoms with Crippen LogP contribution in [0.15, 0.2) is 12.2 Å². The number of amides is 1. The molecule has 0 fully saturated rings. The maximum atomic E-state index is 13.5. The van der Waals surface area contributed by atoms with Gasteiger partial charge in [-0.1, -0.05) is 297 Å². The highest BCUT2D eigenvalue weighted by Crippen LogP contribution is 2.38. The molecule has 0 aromatic carbocycles. The Bertz CT molecular complexity index is 1260. The van der Waals surface area contributed by atoms with Gasteiger partial charge in [0.05, 0.1) is 33.8 Å². The summed E-state index contributed by atoms with van der Waals surface area (Å²) >= 11 is 0. The molecule has 0 aromatic heterocycles. The minimum atomic E-state index is -4.69. The van der Waals surface area contributed by atoms with Crippen molar-refractivity contribution < 1.29 is 37.3 Å². The van der Waals surface area contributed by atoms with Crippen LogP contribution in [0.1, 0.15) is 329 Å². The summed E-state index contributed by atoms with van der Waals surface area (Å²) in [5.41, 5.74) is 0. The summed E-state index contributed by atoms with van der Waals surface area (Å²) in [4.78, 5) is 40.0. The van der Waals surface area contributed by atoms with Crippen LogP contribution in [0.4, 0.5) is 0 Å². The van der Waals surface area contributed by atoms with Crippen molar-refractivity contribution in [3.63, 3.8) is 0 Å². The summed E-state index contributed by atoms with van der Waals surface area (Å²) in [7, 11) is 1.21. The molecule has 1 N–H and O–H groups in total. The monoisotopic (exact) mass is 1050 g/mol. The molecule has 0 aliphatic carbocycles. The molecule has 1 amide bonds. The number of allylic oxidation sites excluding steroid dienone is 1. The van der Waals surface area contributed by atoms with Crippen molar-refractivity contribution in [1.29, 1.82) is 0 Å². The maximum absolute atomic E-state index is 13.5. The number of unbranched alkanes of at least 4 members (excludes halogenated alkanes) is 43. The van der Waals surface area contributed by atoms with Gasteiger partial charge in [0.2, 0.25) is 5.91 Å². The lowest BCUT2D eigenvalue weighted by atomic mass is 10.0. The van der Waals surface area contributed by atoms with E-state index in [2.05, 4.69) is 26.1 Å². The van der Waals surface area contributed by atoms with Crippen molar-refractivity contribution >= 4 is 19.7 Å². The summed E-state index contributed by atoms with van der Waals surface area (Å²) in [5.74, 6) is -0.518. The number of carbonyl (C=O) groups excluding carboxylic acids is 2. The number of hydrogen-bond donors (Lipinski definition) is 1. The number of hydrogen-bond acceptors (Lipinski definition) is 7. The average molecular weight is 1050 g/mol. The third kappa shape index (κ3) is 55.3. The van der Waals surface area contributed by atoms with Gasteiger partial charge in [0.1, 0.15) is 19.3 Å². The second-order valence-electron chi connectivity index (χ2n) is 23.3. The molecule has 9 nitrogen and oxygen atoms in total. The highest BCUT2D eigenvalue weighted by Gasteiger charge is 2.27. The van der Waals surface area contributed by atoms with E-state index >= 15 is 0 Å². The molecule has 0 bridgehead atoms. The summed E-state index contributed by atoms with van der Waals surface area (Å²) in [6.45, 7) is 6.90. The fourth-order valence-electron chi connectivity index (χ4n) is 9.76. The Morgan fingerprint density at radius 3 is 1.12 bits per heavy atom. The fraction of sp³-hybridized carbons (Fsp3) is 0.937. The van der Waals surface area contributed by atoms with Crippen molar-refractivity contribution in [2.45, 2.75) is 341 Å². The van der Waals surface area contributed by atoms with Crippen LogP contribution in [0.3, 0.4) is 0 Å². The number of phosphoric acid groups is 1. The average Bonchev–Trinajstić information content (AvgIpc) is 3.35. The van der Waals surface area contributed by atoms with Gasteiger partial charge >= 0.3 is 5.97 Å². The lowest BCUT2D eigenvalue weighted by Gasteiger charge is -2.30. The van der Waals surface area contributed by atoms with Crippen molar-refractivity contribution in [2.24, 2.45) is 0 Å². The molecule has 0 aromatic rings. The van der Waals surface area contributed by atoms with E-state index in [1.165, 1.54) is 238 Å². The molecule has 0 heterocycles. The largest absolute Gasteiger partial charge is 0.756 e. The van der Waals surface area contributed by atoms with Crippen molar-refractivity contribution in [3.8, 4) is 0 Å². The molecular weight excluding hydrogens is 928 g/mol. The van der Waals surface area contributed by atoms with E-state index in [-0.39, 0.29) is 31.5 Å². The third-order valence-electron chi connectivity index (χ3n) is 14.7. The Morgan fingerprint density at radius 2 is 0.781 bits per heavy atom. The predicted octanol–water partition coefficient (Wildman–Crippen LogP) is 18.9. The third-order valence-corrected chi connectivity index (χ3v) is 15.7. The lowest BCUT2D eigenvalue weighted by Crippen LogP contribution is -2.47. The number of phosphoric ester groups is 1. The minimum absolute atomic E-state index is 0.0168. The van der Waals surface area contributed by atoms with Gasteiger partial charge in [-0.25, -0.2) is 0 Å². The number of rotatable bonds is 59. The quantitative estimate of drug-likeness (QED) is 0.0212. The molecule has 10 heteroatoms. The Labute approximate surface area is 454 Å². The zero-order valence-corrected chi connectivity index (χ0v) is 50.5. The fourth-order valence-corrected chi connectivity index (χ4v) is 10.5. The van der Waals surface area contributed by atoms with Crippen molar-refractivity contribution in [3.05, 3.63) is 12.2 Å². The van der Waals surface area contributed by atoms with Gasteiger partial charge in [-0.05, 0) is 31.8 Å². The van der Waals surface area contributed by atoms with Gasteiger partial charge in [0.25, 0.3) is 7.82 Å². The Balaban J connectivity index is 5.14. The molecule has 0 aliphatic rings. The molecular formula is C63H125N2O7P. The second kappa shape index (κ2) is 54.1. The van der Waals surface area contributed by atoms with E-state index in [9.17, 15) is 19.0 Å². The van der Waals surface area contributed by atoms with E-state index in [0.29, 0.717) is 17.4 Å². The molecule has 0 saturated carbocycles. The first-order valence-electron chi connectivity index (χ1n) is 32.0. The molecule has 0 aliphatic heterocycles. The van der Waals surface area contributed by atoms with Crippen LogP contribution in [0.25, 0.3) is 0 Å². The van der Waals surface area contributed by atoms with E-state index in [1.807, 2.05) is 33.3 Å². The molecule has 3 atom stereocenters. The molecule has 0 rings (SSSR count). The number of esters is 1. The van der Waals surface area contributed by atoms with Crippen molar-refractivity contribution in [2.75, 3.05) is 40.9 Å². The van der Waals surface area contributed by atoms with Gasteiger partial charge < -0.3 is 28.5 Å². The van der Waals surface area contributed by atoms with Gasteiger partial charge in [0, 0.05) is 12.8 Å². The number of ether oxygens (including phenoxy) is 1. The van der Waals surface area contributed by atoms with Crippen molar-refractivity contribution in [1.82, 2.24) is 5.32 Å². The predicted molar refractivity (Wildman–Crippen MR) is 312 cm³/mol. The number of nitrogens with one attached hydrogen (secondary N) is 1. The standard InChI is InChI=1S/C63H125N2O7P/c1-7-10-13-16-19-22-25-27-29-31-32-34-36-38-41-44-47-50-53-56-63(67)72-61(54-51-48-45-42-39-24-21-18-15-12-9-3)60(59-71-73(68,69)70-58-57-65(4,5)6)64-62(66)55-52-49-46-43-40-37-35-33-30-28-26-23-20-17-14-11-8-2/h51,54,60-61H,7-50,52-53,55-59H2,1-6H3,(H-,64,66,68,69)/b54-51+. The van der Waals surface area contributed by atoms with Gasteiger partial charge in [-0.15, -0.1) is 0 Å². The normalized spacial score (nSPS) is 13.7. The SMILES string of the molecule is CCCCCCCCCCC/C=C/C(OC(=O)CCCCCCCCCCCCCCCCCCCCC)C(COP(=O)([O-])OCC[N+](C)(C)C)NC(=O)CCCCCCCCCCCCCCCCCCC. The number of likely N-dealkylation sites (N-methyl/N-ethyl adjacent to an activating group) is 1. The van der Waals surface area contributed by atoms with Crippen LogP contribution < -0.4 is 10.2 Å². The number of carbonyl (C=O) groups is 2. The van der Waals surface area contributed by atoms with Crippen LogP contribution in [-0.4, -0.2) is 69.4 Å². The second-order valence-corrected chi connectivity index (χ2v) is 24.7. The van der Waals surface area contributed by atoms with E-state index in [1.54, 1.807) is 0 Å². The highest BCUT2D eigenvalue weighted by molar-refractivity contribution is 7.45. The molecule has 0 radical (unpaired) electrons. The zero-order chi connectivity index (χ0) is 53.6. The Morgan fingerprint density at radius 1 is 0.466 bits per heavy atom. The minimum Gasteiger partial charge on any atom is -0.756 e. The van der Waals surface area contributed by atoms with E-state index in [0.717, 1.165) is 57.8 Å². The smallest absolute Gasteiger partial charge is 0.306 e. The maximum Gasteiger partial charge on any atom is 0.306 e. The summed E-state index contributed by atoms with van der Waals surface area (Å²) < 4.78 is 30.3. The first-order chi connectivity index (χ1) is 35.4.